The summed E-state index contributed by atoms with van der Waals surface area (Å²) in [6, 6.07) is 41.0. The van der Waals surface area contributed by atoms with E-state index in [9.17, 15) is 0 Å². The first-order valence-corrected chi connectivity index (χ1v) is 20.6. The van der Waals surface area contributed by atoms with Crippen molar-refractivity contribution in [1.82, 2.24) is 9.97 Å². The van der Waals surface area contributed by atoms with Gasteiger partial charge in [0.05, 0.1) is 8.07 Å². The van der Waals surface area contributed by atoms with Crippen LogP contribution in [0.3, 0.4) is 0 Å². The Morgan fingerprint density at radius 2 is 1.30 bits per heavy atom. The van der Waals surface area contributed by atoms with Crippen molar-refractivity contribution >= 4 is 45.6 Å². The predicted octanol–water partition coefficient (Wildman–Crippen LogP) is 11.9. The molecule has 2 nitrogen and oxygen atoms in total. The van der Waals surface area contributed by atoms with E-state index in [4.69, 9.17) is 5.48 Å². The summed E-state index contributed by atoms with van der Waals surface area (Å²) in [4.78, 5) is 9.14. The zero-order valence-corrected chi connectivity index (χ0v) is 33.7. The number of pyridine rings is 2. The van der Waals surface area contributed by atoms with Gasteiger partial charge >= 0.3 is 0 Å². The van der Waals surface area contributed by atoms with Gasteiger partial charge in [-0.25, -0.2) is 0 Å². The fourth-order valence-corrected chi connectivity index (χ4v) is 7.65. The molecule has 5 aromatic carbocycles. The van der Waals surface area contributed by atoms with E-state index < -0.39 is 26.2 Å². The van der Waals surface area contributed by atoms with Crippen LogP contribution in [0.1, 0.15) is 51.2 Å². The maximum Gasteiger partial charge on any atom is 0.0798 e. The zero-order chi connectivity index (χ0) is 38.3. The molecule has 1 radical (unpaired) electrons. The van der Waals surface area contributed by atoms with Crippen molar-refractivity contribution in [2.45, 2.75) is 67.0 Å². The zero-order valence-electron chi connectivity index (χ0n) is 34.3. The van der Waals surface area contributed by atoms with Crippen LogP contribution in [0.5, 0.6) is 0 Å². The predicted molar refractivity (Wildman–Crippen MR) is 214 cm³/mol. The molecular formula is C46H48IrN2Si-2. The van der Waals surface area contributed by atoms with E-state index in [2.05, 4.69) is 96.3 Å². The molecular weight excluding hydrogens is 801 g/mol. The van der Waals surface area contributed by atoms with Gasteiger partial charge in [-0.2, -0.15) is 0 Å². The first-order chi connectivity index (χ1) is 24.9. The number of rotatable bonds is 6. The number of nitrogens with zero attached hydrogens (tertiary/aromatic N) is 2. The molecule has 0 N–H and O–H groups in total. The molecule has 0 spiro atoms. The van der Waals surface area contributed by atoms with Crippen molar-refractivity contribution < 1.29 is 25.6 Å². The summed E-state index contributed by atoms with van der Waals surface area (Å²) in [7, 11) is -1.70. The molecule has 50 heavy (non-hydrogen) atoms. The minimum absolute atomic E-state index is 0. The Balaban J connectivity index is 0.000000212. The van der Waals surface area contributed by atoms with Crippen LogP contribution >= 0.6 is 0 Å². The van der Waals surface area contributed by atoms with Gasteiger partial charge in [0.15, 0.2) is 0 Å². The van der Waals surface area contributed by atoms with E-state index in [-0.39, 0.29) is 26.0 Å². The molecule has 7 aromatic rings. The fraction of sp³-hybridized carbons (Fsp3) is 0.261. The van der Waals surface area contributed by atoms with E-state index in [0.29, 0.717) is 5.56 Å². The molecule has 0 unspecified atom stereocenters. The number of hydrogen-bond acceptors (Lipinski definition) is 2. The van der Waals surface area contributed by atoms with Crippen LogP contribution in [-0.2, 0) is 32.9 Å². The number of fused-ring (bicyclic) bond motifs is 6. The van der Waals surface area contributed by atoms with Gasteiger partial charge in [0, 0.05) is 38.0 Å². The Hall–Kier alpha value is -3.95. The van der Waals surface area contributed by atoms with Gasteiger partial charge in [0.1, 0.15) is 0 Å². The Kier molecular flexibility index (Phi) is 9.93. The van der Waals surface area contributed by atoms with E-state index in [0.717, 1.165) is 38.7 Å². The average molecular weight is 853 g/mol. The average Bonchev–Trinajstić information content (AvgIpc) is 3.14. The molecule has 0 atom stereocenters. The van der Waals surface area contributed by atoms with Crippen molar-refractivity contribution in [3.8, 4) is 22.5 Å². The summed E-state index contributed by atoms with van der Waals surface area (Å²) in [5.74, 6) is -0.122. The van der Waals surface area contributed by atoms with Crippen molar-refractivity contribution in [2.24, 2.45) is 11.3 Å². The summed E-state index contributed by atoms with van der Waals surface area (Å²) in [6.07, 6.45) is 0.759. The van der Waals surface area contributed by atoms with Crippen molar-refractivity contribution in [1.29, 1.82) is 0 Å². The van der Waals surface area contributed by atoms with Gasteiger partial charge in [-0.1, -0.05) is 142 Å². The van der Waals surface area contributed by atoms with Gasteiger partial charge in [0.2, 0.25) is 0 Å². The molecule has 257 valence electrons. The van der Waals surface area contributed by atoms with Gasteiger partial charge in [-0.15, -0.1) is 59.7 Å². The van der Waals surface area contributed by atoms with Gasteiger partial charge in [0.25, 0.3) is 0 Å². The molecule has 0 saturated carbocycles. The van der Waals surface area contributed by atoms with Crippen molar-refractivity contribution in [2.75, 3.05) is 0 Å². The summed E-state index contributed by atoms with van der Waals surface area (Å²) < 4.78 is 34.4. The third kappa shape index (κ3) is 8.67. The Labute approximate surface area is 319 Å². The second-order valence-electron chi connectivity index (χ2n) is 15.0. The summed E-state index contributed by atoms with van der Waals surface area (Å²) in [5, 5.41) is 8.32. The minimum Gasteiger partial charge on any atom is -0.305 e. The fourth-order valence-electron chi connectivity index (χ4n) is 6.25. The smallest absolute Gasteiger partial charge is 0.0798 e. The van der Waals surface area contributed by atoms with Crippen molar-refractivity contribution in [3.05, 3.63) is 139 Å². The third-order valence-corrected chi connectivity index (χ3v) is 10.4. The summed E-state index contributed by atoms with van der Waals surface area (Å²) in [5.41, 5.74) is 4.27. The van der Waals surface area contributed by atoms with Crippen LogP contribution in [0.4, 0.5) is 0 Å². The van der Waals surface area contributed by atoms with E-state index in [1.54, 1.807) is 12.3 Å². The minimum atomic E-state index is -1.70. The molecule has 0 bridgehead atoms. The summed E-state index contributed by atoms with van der Waals surface area (Å²) >= 11 is 0. The van der Waals surface area contributed by atoms with E-state index in [1.807, 2.05) is 83.3 Å². The standard InChI is InChI=1S/C27H22N.C19H26NSi.Ir/c1-18(2)15-19-13-14-28-27(16-19)20-11-12-25-23-9-4-3-7-21(23)22-8-5-6-10-24(22)26(25)17-20;1-19(2,3)13-16-12-17(15-10-8-7-9-11-15)20-14-18(16)21(4,5)6;/h3-10,12-14,16-18H,15H2,1-2H3;7-10,12,14H,13H2,1-6H3;/q2*-1;/i15D2;13D2;. The third-order valence-electron chi connectivity index (χ3n) is 8.37. The molecule has 0 aliphatic carbocycles. The molecule has 2 aromatic heterocycles. The molecule has 2 heterocycles. The van der Waals surface area contributed by atoms with Gasteiger partial charge in [-0.05, 0) is 62.9 Å². The van der Waals surface area contributed by atoms with Gasteiger partial charge in [-0.3, -0.25) is 0 Å². The maximum atomic E-state index is 8.75. The molecule has 0 amide bonds. The first-order valence-electron chi connectivity index (χ1n) is 19.1. The first kappa shape index (κ1) is 32.0. The molecule has 0 saturated heterocycles. The van der Waals surface area contributed by atoms with Crippen LogP contribution in [-0.4, -0.2) is 18.0 Å². The normalized spacial score (nSPS) is 13.5. The van der Waals surface area contributed by atoms with E-state index in [1.165, 1.54) is 26.9 Å². The Morgan fingerprint density at radius 1 is 0.700 bits per heavy atom. The molecule has 4 heteroatoms. The monoisotopic (exact) mass is 853 g/mol. The maximum absolute atomic E-state index is 8.75. The molecule has 0 aliphatic heterocycles. The van der Waals surface area contributed by atoms with Gasteiger partial charge < -0.3 is 9.97 Å². The van der Waals surface area contributed by atoms with Crippen LogP contribution in [0.2, 0.25) is 19.6 Å². The van der Waals surface area contributed by atoms with Crippen molar-refractivity contribution in [3.63, 3.8) is 0 Å². The van der Waals surface area contributed by atoms with Crippen LogP contribution in [0.25, 0.3) is 54.8 Å². The van der Waals surface area contributed by atoms with Crippen LogP contribution < -0.4 is 5.19 Å². The molecule has 0 fully saturated rings. The second-order valence-corrected chi connectivity index (χ2v) is 20.0. The second kappa shape index (κ2) is 15.5. The van der Waals surface area contributed by atoms with Crippen LogP contribution in [0, 0.1) is 23.5 Å². The van der Waals surface area contributed by atoms with E-state index >= 15 is 0 Å². The number of hydrogen-bond donors (Lipinski definition) is 0. The Bertz CT molecular complexity index is 2380. The SMILES string of the molecule is [2H]C([2H])(c1cc(-c2[c-]cccc2)ncc1[Si](C)(C)C)C(C)(C)C.[2H]C([2H])(c1ccnc(-c2[c-]cc3c4ccccc4c4ccccc4c3c2)c1)C(C)C.[Ir]. The molecule has 7 rings (SSSR count). The topological polar surface area (TPSA) is 25.8 Å². The van der Waals surface area contributed by atoms with Crippen LogP contribution in [0.15, 0.2) is 116 Å². The number of benzene rings is 5. The summed E-state index contributed by atoms with van der Waals surface area (Å²) in [6.45, 7) is 16.4. The quantitative estimate of drug-likeness (QED) is 0.0946. The Morgan fingerprint density at radius 3 is 1.88 bits per heavy atom. The molecule has 0 aliphatic rings. The largest absolute Gasteiger partial charge is 0.305 e. The number of aromatic nitrogens is 2.